The summed E-state index contributed by atoms with van der Waals surface area (Å²) in [5.41, 5.74) is 2.33. The second kappa shape index (κ2) is 5.82. The number of carbonyl (C=O) groups is 1. The van der Waals surface area contributed by atoms with Crippen LogP contribution in [0.25, 0.3) is 0 Å². The molecule has 0 aromatic heterocycles. The largest absolute Gasteiger partial charge is 0.335 e. The summed E-state index contributed by atoms with van der Waals surface area (Å²) in [6, 6.07) is 5.79. The maximum atomic E-state index is 12.8. The Bertz CT molecular complexity index is 723. The number of amides is 1. The van der Waals surface area contributed by atoms with Crippen molar-refractivity contribution < 1.29 is 13.2 Å². The minimum atomic E-state index is -3.25. The molecule has 0 radical (unpaired) electrons. The molecule has 126 valence electrons. The zero-order valence-corrected chi connectivity index (χ0v) is 14.8. The van der Waals surface area contributed by atoms with Crippen molar-refractivity contribution in [2.45, 2.75) is 39.2 Å². The van der Waals surface area contributed by atoms with Crippen LogP contribution in [0.3, 0.4) is 0 Å². The lowest BCUT2D eigenvalue weighted by atomic mass is 10.1. The highest BCUT2D eigenvalue weighted by atomic mass is 32.2. The monoisotopic (exact) mass is 336 g/mol. The number of nitrogens with zero attached hydrogens (tertiary/aromatic N) is 2. The smallest absolute Gasteiger partial charge is 0.254 e. The molecular formula is C17H24N2O3S. The Hall–Kier alpha value is -1.56. The van der Waals surface area contributed by atoms with Crippen LogP contribution in [0.1, 0.15) is 42.6 Å². The number of benzene rings is 1. The third kappa shape index (κ3) is 3.37. The van der Waals surface area contributed by atoms with Crippen LogP contribution < -0.4 is 4.31 Å². The van der Waals surface area contributed by atoms with Gasteiger partial charge in [0.25, 0.3) is 5.91 Å². The fraction of sp³-hybridized carbons (Fsp3) is 0.588. The molecule has 0 bridgehead atoms. The first-order valence-corrected chi connectivity index (χ1v) is 10.0. The van der Waals surface area contributed by atoms with E-state index in [1.54, 1.807) is 12.1 Å². The van der Waals surface area contributed by atoms with Crippen LogP contribution in [0.15, 0.2) is 18.2 Å². The highest BCUT2D eigenvalue weighted by molar-refractivity contribution is 7.92. The third-order valence-corrected chi connectivity index (χ3v) is 5.57. The van der Waals surface area contributed by atoms with Crippen LogP contribution in [0, 0.1) is 5.92 Å². The fourth-order valence-corrected chi connectivity index (χ4v) is 4.15. The molecule has 1 amide bonds. The van der Waals surface area contributed by atoms with Gasteiger partial charge in [-0.05, 0) is 48.9 Å². The van der Waals surface area contributed by atoms with Crippen molar-refractivity contribution in [1.82, 2.24) is 4.90 Å². The lowest BCUT2D eigenvalue weighted by Gasteiger charge is -2.25. The molecule has 0 unspecified atom stereocenters. The Labute approximate surface area is 138 Å². The summed E-state index contributed by atoms with van der Waals surface area (Å²) in [7, 11) is -3.25. The average Bonchev–Trinajstić information content (AvgIpc) is 3.20. The molecule has 1 fully saturated rings. The number of hydrogen-bond acceptors (Lipinski definition) is 3. The van der Waals surface area contributed by atoms with Crippen LogP contribution in [0.4, 0.5) is 5.69 Å². The van der Waals surface area contributed by atoms with Gasteiger partial charge in [-0.3, -0.25) is 9.10 Å². The zero-order chi connectivity index (χ0) is 16.8. The number of rotatable bonds is 5. The molecule has 0 spiro atoms. The number of hydrogen-bond donors (Lipinski definition) is 0. The topological polar surface area (TPSA) is 57.7 Å². The predicted molar refractivity (Wildman–Crippen MR) is 91.2 cm³/mol. The molecule has 1 aliphatic heterocycles. The van der Waals surface area contributed by atoms with Crippen LogP contribution in [-0.4, -0.2) is 44.6 Å². The molecule has 5 nitrogen and oxygen atoms in total. The van der Waals surface area contributed by atoms with Gasteiger partial charge in [0.2, 0.25) is 10.0 Å². The third-order valence-electron chi connectivity index (χ3n) is 4.39. The fourth-order valence-electron chi connectivity index (χ4n) is 3.19. The highest BCUT2D eigenvalue weighted by Crippen LogP contribution is 2.33. The van der Waals surface area contributed by atoms with Gasteiger partial charge in [-0.2, -0.15) is 0 Å². The summed E-state index contributed by atoms with van der Waals surface area (Å²) >= 11 is 0. The molecule has 1 aromatic carbocycles. The zero-order valence-electron chi connectivity index (χ0n) is 13.9. The second-order valence-electron chi connectivity index (χ2n) is 7.01. The normalized spacial score (nSPS) is 17.5. The quantitative estimate of drug-likeness (QED) is 0.829. The van der Waals surface area contributed by atoms with E-state index in [2.05, 4.69) is 13.8 Å². The Morgan fingerprint density at radius 3 is 2.61 bits per heavy atom. The molecule has 1 saturated carbocycles. The highest BCUT2D eigenvalue weighted by Gasteiger charge is 2.34. The van der Waals surface area contributed by atoms with Crippen molar-refractivity contribution in [2.75, 3.05) is 23.7 Å². The predicted octanol–water partition coefficient (Wildman–Crippen LogP) is 2.27. The maximum absolute atomic E-state index is 12.8. The van der Waals surface area contributed by atoms with E-state index in [4.69, 9.17) is 0 Å². The van der Waals surface area contributed by atoms with E-state index in [1.165, 1.54) is 10.6 Å². The summed E-state index contributed by atoms with van der Waals surface area (Å²) in [4.78, 5) is 14.8. The van der Waals surface area contributed by atoms with E-state index < -0.39 is 10.0 Å². The molecule has 0 atom stereocenters. The van der Waals surface area contributed by atoms with Crippen LogP contribution in [0.5, 0.6) is 0 Å². The maximum Gasteiger partial charge on any atom is 0.254 e. The first-order chi connectivity index (χ1) is 10.8. The first-order valence-electron chi connectivity index (χ1n) is 8.19. The molecule has 0 N–H and O–H groups in total. The summed E-state index contributed by atoms with van der Waals surface area (Å²) in [5, 5.41) is 0. The number of fused-ring (bicyclic) bond motifs is 1. The van der Waals surface area contributed by atoms with Gasteiger partial charge >= 0.3 is 0 Å². The van der Waals surface area contributed by atoms with Gasteiger partial charge in [0, 0.05) is 24.7 Å². The number of sulfonamides is 1. The van der Waals surface area contributed by atoms with E-state index in [0.717, 1.165) is 24.9 Å². The second-order valence-corrected chi connectivity index (χ2v) is 8.92. The molecular weight excluding hydrogens is 312 g/mol. The van der Waals surface area contributed by atoms with Crippen molar-refractivity contribution >= 4 is 21.6 Å². The molecule has 0 saturated heterocycles. The van der Waals surface area contributed by atoms with Gasteiger partial charge in [0.15, 0.2) is 0 Å². The summed E-state index contributed by atoms with van der Waals surface area (Å²) in [5.74, 6) is 0.511. The Morgan fingerprint density at radius 2 is 2.04 bits per heavy atom. The Morgan fingerprint density at radius 1 is 1.35 bits per heavy atom. The van der Waals surface area contributed by atoms with E-state index in [0.29, 0.717) is 36.2 Å². The molecule has 1 aliphatic carbocycles. The van der Waals surface area contributed by atoms with E-state index in [-0.39, 0.29) is 5.91 Å². The van der Waals surface area contributed by atoms with Crippen LogP contribution in [0.2, 0.25) is 0 Å². The SMILES string of the molecule is CC(C)CN(C(=O)c1ccc2c(c1)CCN2S(C)(=O)=O)C1CC1. The van der Waals surface area contributed by atoms with Gasteiger partial charge in [-0.15, -0.1) is 0 Å². The number of carbonyl (C=O) groups excluding carboxylic acids is 1. The first kappa shape index (κ1) is 16.3. The van der Waals surface area contributed by atoms with Crippen molar-refractivity contribution in [1.29, 1.82) is 0 Å². The standard InChI is InChI=1S/C17H24N2O3S/c1-12(2)11-18(15-5-6-15)17(20)14-4-7-16-13(10-14)8-9-19(16)23(3,21)22/h4,7,10,12,15H,5-6,8-9,11H2,1-3H3. The van der Waals surface area contributed by atoms with Gasteiger partial charge in [0.05, 0.1) is 11.9 Å². The van der Waals surface area contributed by atoms with Crippen molar-refractivity contribution in [3.05, 3.63) is 29.3 Å². The lowest BCUT2D eigenvalue weighted by molar-refractivity contribution is 0.0722. The molecule has 6 heteroatoms. The minimum absolute atomic E-state index is 0.0711. The molecule has 1 heterocycles. The summed E-state index contributed by atoms with van der Waals surface area (Å²) in [6.07, 6.45) is 4.06. The van der Waals surface area contributed by atoms with E-state index >= 15 is 0 Å². The van der Waals surface area contributed by atoms with Crippen molar-refractivity contribution in [2.24, 2.45) is 5.92 Å². The Balaban J connectivity index is 1.86. The average molecular weight is 336 g/mol. The molecule has 2 aliphatic rings. The van der Waals surface area contributed by atoms with E-state index in [9.17, 15) is 13.2 Å². The van der Waals surface area contributed by atoms with Crippen LogP contribution >= 0.6 is 0 Å². The lowest BCUT2D eigenvalue weighted by Crippen LogP contribution is -2.36. The number of anilines is 1. The Kier molecular flexibility index (Phi) is 4.12. The van der Waals surface area contributed by atoms with Gasteiger partial charge in [0.1, 0.15) is 0 Å². The van der Waals surface area contributed by atoms with Crippen molar-refractivity contribution in [3.63, 3.8) is 0 Å². The van der Waals surface area contributed by atoms with E-state index in [1.807, 2.05) is 11.0 Å². The minimum Gasteiger partial charge on any atom is -0.335 e. The molecule has 3 rings (SSSR count). The van der Waals surface area contributed by atoms with Crippen LogP contribution in [-0.2, 0) is 16.4 Å². The van der Waals surface area contributed by atoms with Gasteiger partial charge in [-0.25, -0.2) is 8.42 Å². The summed E-state index contributed by atoms with van der Waals surface area (Å²) < 4.78 is 25.0. The molecule has 1 aromatic rings. The van der Waals surface area contributed by atoms with Gasteiger partial charge in [-0.1, -0.05) is 13.8 Å². The van der Waals surface area contributed by atoms with Gasteiger partial charge < -0.3 is 4.90 Å². The summed E-state index contributed by atoms with van der Waals surface area (Å²) in [6.45, 7) is 5.48. The molecule has 23 heavy (non-hydrogen) atoms. The van der Waals surface area contributed by atoms with Crippen molar-refractivity contribution in [3.8, 4) is 0 Å².